The molecule has 0 aliphatic rings. The molecular weight excluding hydrogens is 364 g/mol. The molecule has 2 aromatic rings. The zero-order valence-corrected chi connectivity index (χ0v) is 17.4. The summed E-state index contributed by atoms with van der Waals surface area (Å²) < 4.78 is 4.94. The normalized spacial score (nSPS) is 12.3. The molecule has 1 amide bonds. The molecule has 0 aliphatic carbocycles. The van der Waals surface area contributed by atoms with E-state index >= 15 is 0 Å². The summed E-state index contributed by atoms with van der Waals surface area (Å²) in [6, 6.07) is 21.0. The van der Waals surface area contributed by atoms with Crippen molar-refractivity contribution < 1.29 is 9.53 Å². The van der Waals surface area contributed by atoms with E-state index in [1.807, 2.05) is 19.1 Å². The summed E-state index contributed by atoms with van der Waals surface area (Å²) in [5, 5.41) is 9.38. The number of rotatable bonds is 11. The van der Waals surface area contributed by atoms with Gasteiger partial charge in [-0.1, -0.05) is 60.7 Å². The Morgan fingerprint density at radius 2 is 1.69 bits per heavy atom. The molecule has 1 atom stereocenters. The van der Waals surface area contributed by atoms with Crippen LogP contribution in [0.3, 0.4) is 0 Å². The van der Waals surface area contributed by atoms with Crippen molar-refractivity contribution in [1.82, 2.24) is 16.0 Å². The summed E-state index contributed by atoms with van der Waals surface area (Å²) in [7, 11) is 1.61. The molecule has 2 rings (SSSR count). The Bertz CT molecular complexity index is 735. The standard InChI is InChI=1S/C23H32N4O2/c1-3-24-23(27-18-22(28)25-14-15-29-2)26-17-21(20-12-8-5-9-13-20)16-19-10-6-4-7-11-19/h4-13,21H,3,14-18H2,1-2H3,(H,25,28)(H2,24,26,27). The van der Waals surface area contributed by atoms with Crippen LogP contribution >= 0.6 is 0 Å². The lowest BCUT2D eigenvalue weighted by molar-refractivity contribution is -0.119. The fraction of sp³-hybridized carbons (Fsp3) is 0.391. The van der Waals surface area contributed by atoms with Gasteiger partial charge in [-0.3, -0.25) is 4.79 Å². The number of aliphatic imine (C=N–C) groups is 1. The summed E-state index contributed by atoms with van der Waals surface area (Å²) >= 11 is 0. The van der Waals surface area contributed by atoms with Gasteiger partial charge in [0, 0.05) is 32.7 Å². The second-order valence-corrected chi connectivity index (χ2v) is 6.72. The molecule has 156 valence electrons. The van der Waals surface area contributed by atoms with E-state index in [4.69, 9.17) is 4.74 Å². The molecule has 0 heterocycles. The molecule has 0 saturated heterocycles. The average molecular weight is 397 g/mol. The van der Waals surface area contributed by atoms with Crippen molar-refractivity contribution in [3.05, 3.63) is 71.8 Å². The SMILES string of the molecule is CCNC(=NCC(=O)NCCOC)NCC(Cc1ccccc1)c1ccccc1. The second-order valence-electron chi connectivity index (χ2n) is 6.72. The zero-order chi connectivity index (χ0) is 20.7. The minimum atomic E-state index is -0.122. The van der Waals surface area contributed by atoms with Crippen LogP contribution < -0.4 is 16.0 Å². The highest BCUT2D eigenvalue weighted by Gasteiger charge is 2.13. The average Bonchev–Trinajstić information content (AvgIpc) is 2.76. The van der Waals surface area contributed by atoms with Gasteiger partial charge in [0.2, 0.25) is 5.91 Å². The molecule has 1 unspecified atom stereocenters. The van der Waals surface area contributed by atoms with E-state index in [0.717, 1.165) is 19.5 Å². The minimum absolute atomic E-state index is 0.0771. The number of nitrogens with zero attached hydrogens (tertiary/aromatic N) is 1. The number of hydrogen-bond donors (Lipinski definition) is 3. The van der Waals surface area contributed by atoms with Crippen LogP contribution in [0, 0.1) is 0 Å². The highest BCUT2D eigenvalue weighted by atomic mass is 16.5. The van der Waals surface area contributed by atoms with Crippen LogP contribution in [0.25, 0.3) is 0 Å². The Morgan fingerprint density at radius 1 is 1.00 bits per heavy atom. The van der Waals surface area contributed by atoms with Gasteiger partial charge in [-0.2, -0.15) is 0 Å². The first-order valence-electron chi connectivity index (χ1n) is 10.1. The van der Waals surface area contributed by atoms with Crippen molar-refractivity contribution in [3.8, 4) is 0 Å². The molecule has 3 N–H and O–H groups in total. The third kappa shape index (κ3) is 8.79. The molecule has 6 nitrogen and oxygen atoms in total. The number of hydrogen-bond acceptors (Lipinski definition) is 3. The Hall–Kier alpha value is -2.86. The van der Waals surface area contributed by atoms with Gasteiger partial charge in [-0.05, 0) is 24.5 Å². The summed E-state index contributed by atoms with van der Waals surface area (Å²) in [6.45, 7) is 4.51. The van der Waals surface area contributed by atoms with Gasteiger partial charge in [0.1, 0.15) is 6.54 Å². The van der Waals surface area contributed by atoms with Gasteiger partial charge < -0.3 is 20.7 Å². The van der Waals surface area contributed by atoms with E-state index in [0.29, 0.717) is 19.1 Å². The molecule has 0 spiro atoms. The summed E-state index contributed by atoms with van der Waals surface area (Å²) in [5.41, 5.74) is 2.57. The number of carbonyl (C=O) groups is 1. The van der Waals surface area contributed by atoms with E-state index in [2.05, 4.69) is 69.5 Å². The van der Waals surface area contributed by atoms with Crippen LogP contribution in [0.2, 0.25) is 0 Å². The first kappa shape index (κ1) is 22.4. The molecular formula is C23H32N4O2. The van der Waals surface area contributed by atoms with Gasteiger partial charge in [0.25, 0.3) is 0 Å². The van der Waals surface area contributed by atoms with Crippen LogP contribution in [0.4, 0.5) is 0 Å². The van der Waals surface area contributed by atoms with Gasteiger partial charge >= 0.3 is 0 Å². The minimum Gasteiger partial charge on any atom is -0.383 e. The van der Waals surface area contributed by atoms with Gasteiger partial charge in [-0.25, -0.2) is 4.99 Å². The van der Waals surface area contributed by atoms with Gasteiger partial charge in [-0.15, -0.1) is 0 Å². The Morgan fingerprint density at radius 3 is 2.34 bits per heavy atom. The van der Waals surface area contributed by atoms with E-state index in [1.54, 1.807) is 7.11 Å². The number of ether oxygens (including phenoxy) is 1. The van der Waals surface area contributed by atoms with Crippen molar-refractivity contribution in [1.29, 1.82) is 0 Å². The topological polar surface area (TPSA) is 74.8 Å². The molecule has 0 fully saturated rings. The number of carbonyl (C=O) groups excluding carboxylic acids is 1. The Balaban J connectivity index is 2.00. The third-order valence-electron chi connectivity index (χ3n) is 4.47. The van der Waals surface area contributed by atoms with Crippen LogP contribution in [-0.4, -0.2) is 51.8 Å². The lowest BCUT2D eigenvalue weighted by Gasteiger charge is -2.20. The predicted molar refractivity (Wildman–Crippen MR) is 118 cm³/mol. The fourth-order valence-electron chi connectivity index (χ4n) is 2.99. The number of benzene rings is 2. The monoisotopic (exact) mass is 396 g/mol. The van der Waals surface area contributed by atoms with Crippen molar-refractivity contribution >= 4 is 11.9 Å². The third-order valence-corrected chi connectivity index (χ3v) is 4.47. The van der Waals surface area contributed by atoms with Gasteiger partial charge in [0.15, 0.2) is 5.96 Å². The number of methoxy groups -OCH3 is 1. The summed E-state index contributed by atoms with van der Waals surface area (Å²) in [5.74, 6) is 0.810. The lowest BCUT2D eigenvalue weighted by atomic mass is 9.92. The van der Waals surface area contributed by atoms with Crippen molar-refractivity contribution in [2.24, 2.45) is 4.99 Å². The van der Waals surface area contributed by atoms with Crippen LogP contribution in [0.1, 0.15) is 24.0 Å². The largest absolute Gasteiger partial charge is 0.383 e. The molecule has 0 aromatic heterocycles. The Kier molecular flexibility index (Phi) is 10.3. The van der Waals surface area contributed by atoms with Crippen molar-refractivity contribution in [2.45, 2.75) is 19.3 Å². The first-order valence-corrected chi connectivity index (χ1v) is 10.1. The van der Waals surface area contributed by atoms with Gasteiger partial charge in [0.05, 0.1) is 6.61 Å². The van der Waals surface area contributed by atoms with E-state index in [-0.39, 0.29) is 18.4 Å². The lowest BCUT2D eigenvalue weighted by Crippen LogP contribution is -2.40. The summed E-state index contributed by atoms with van der Waals surface area (Å²) in [6.07, 6.45) is 0.925. The predicted octanol–water partition coefficient (Wildman–Crippen LogP) is 2.33. The van der Waals surface area contributed by atoms with Crippen LogP contribution in [0.15, 0.2) is 65.7 Å². The smallest absolute Gasteiger partial charge is 0.241 e. The van der Waals surface area contributed by atoms with E-state index in [9.17, 15) is 4.79 Å². The highest BCUT2D eigenvalue weighted by molar-refractivity contribution is 5.84. The second kappa shape index (κ2) is 13.3. The molecule has 0 aliphatic heterocycles. The van der Waals surface area contributed by atoms with E-state index in [1.165, 1.54) is 11.1 Å². The zero-order valence-electron chi connectivity index (χ0n) is 17.4. The maximum absolute atomic E-state index is 11.9. The molecule has 0 bridgehead atoms. The van der Waals surface area contributed by atoms with Crippen molar-refractivity contribution in [2.75, 3.05) is 39.9 Å². The molecule has 29 heavy (non-hydrogen) atoms. The molecule has 6 heteroatoms. The molecule has 0 saturated carbocycles. The quantitative estimate of drug-likeness (QED) is 0.310. The van der Waals surface area contributed by atoms with Crippen molar-refractivity contribution in [3.63, 3.8) is 0 Å². The number of amides is 1. The number of guanidine groups is 1. The van der Waals surface area contributed by atoms with Crippen LogP contribution in [-0.2, 0) is 16.0 Å². The Labute approximate surface area is 173 Å². The molecule has 2 aromatic carbocycles. The number of nitrogens with one attached hydrogen (secondary N) is 3. The van der Waals surface area contributed by atoms with E-state index < -0.39 is 0 Å². The summed E-state index contributed by atoms with van der Waals surface area (Å²) in [4.78, 5) is 16.3. The highest BCUT2D eigenvalue weighted by Crippen LogP contribution is 2.20. The first-order chi connectivity index (χ1) is 14.2. The van der Waals surface area contributed by atoms with Crippen LogP contribution in [0.5, 0.6) is 0 Å². The molecule has 0 radical (unpaired) electrons. The maximum Gasteiger partial charge on any atom is 0.241 e. The fourth-order valence-corrected chi connectivity index (χ4v) is 2.99. The maximum atomic E-state index is 11.9.